The Bertz CT molecular complexity index is 1530. The van der Waals surface area contributed by atoms with Crippen molar-refractivity contribution in [1.29, 1.82) is 5.26 Å². The van der Waals surface area contributed by atoms with E-state index in [1.807, 2.05) is 39.8 Å². The summed E-state index contributed by atoms with van der Waals surface area (Å²) in [6.07, 6.45) is 6.14. The lowest BCUT2D eigenvalue weighted by Gasteiger charge is -2.38. The van der Waals surface area contributed by atoms with Gasteiger partial charge in [-0.2, -0.15) is 5.26 Å². The van der Waals surface area contributed by atoms with Crippen LogP contribution in [0.15, 0.2) is 36.5 Å². The number of hydrogen-bond acceptors (Lipinski definition) is 4. The number of aryl methyl sites for hydroxylation is 1. The summed E-state index contributed by atoms with van der Waals surface area (Å²) in [7, 11) is -1.85. The average molecular weight is 572 g/mol. The average Bonchev–Trinajstić information content (AvgIpc) is 3.58. The number of benzene rings is 2. The second kappa shape index (κ2) is 10.3. The van der Waals surface area contributed by atoms with E-state index in [4.69, 9.17) is 9.16 Å². The first kappa shape index (κ1) is 29.4. The zero-order valence-electron chi connectivity index (χ0n) is 26.2. The molecular formula is C34H45N3O3Si. The summed E-state index contributed by atoms with van der Waals surface area (Å²) in [5, 5.41) is 11.2. The summed E-state index contributed by atoms with van der Waals surface area (Å²) in [4.78, 5) is 14.8. The van der Waals surface area contributed by atoms with Gasteiger partial charge in [-0.15, -0.1) is 0 Å². The van der Waals surface area contributed by atoms with Gasteiger partial charge in [0.15, 0.2) is 8.32 Å². The number of amides is 1. The van der Waals surface area contributed by atoms with Gasteiger partial charge < -0.3 is 13.7 Å². The molecule has 218 valence electrons. The molecule has 1 amide bonds. The van der Waals surface area contributed by atoms with E-state index in [-0.39, 0.29) is 17.2 Å². The second-order valence-electron chi connectivity index (χ2n) is 14.4. The Morgan fingerprint density at radius 2 is 1.80 bits per heavy atom. The quantitative estimate of drug-likeness (QED) is 0.293. The molecule has 1 aromatic heterocycles. The van der Waals surface area contributed by atoms with Crippen molar-refractivity contribution in [3.05, 3.63) is 53.2 Å². The number of anilines is 1. The lowest BCUT2D eigenvalue weighted by molar-refractivity contribution is 0.0584. The Hall–Kier alpha value is -3.08. The molecule has 2 atom stereocenters. The molecule has 41 heavy (non-hydrogen) atoms. The smallest absolute Gasteiger partial charge is 0.414 e. The Balaban J connectivity index is 1.55. The van der Waals surface area contributed by atoms with Crippen LogP contribution >= 0.6 is 0 Å². The fraction of sp³-hybridized carbons (Fsp3) is 0.529. The highest BCUT2D eigenvalue weighted by Crippen LogP contribution is 2.45. The van der Waals surface area contributed by atoms with Crippen molar-refractivity contribution < 1.29 is 14.0 Å². The summed E-state index contributed by atoms with van der Waals surface area (Å²) in [5.41, 5.74) is 6.61. The van der Waals surface area contributed by atoms with Gasteiger partial charge >= 0.3 is 6.09 Å². The minimum absolute atomic E-state index is 0.185. The lowest BCUT2D eigenvalue weighted by Crippen LogP contribution is -2.43. The fourth-order valence-corrected chi connectivity index (χ4v) is 7.50. The van der Waals surface area contributed by atoms with Crippen molar-refractivity contribution in [1.82, 2.24) is 4.57 Å². The van der Waals surface area contributed by atoms with Gasteiger partial charge in [0.2, 0.25) is 0 Å². The van der Waals surface area contributed by atoms with Gasteiger partial charge in [0.25, 0.3) is 0 Å². The van der Waals surface area contributed by atoms with Gasteiger partial charge in [0.1, 0.15) is 5.60 Å². The number of nitrogens with zero attached hydrogens (tertiary/aromatic N) is 3. The number of hydrogen-bond donors (Lipinski definition) is 0. The monoisotopic (exact) mass is 571 g/mol. The van der Waals surface area contributed by atoms with E-state index in [1.54, 1.807) is 4.90 Å². The number of fused-ring (bicyclic) bond motifs is 2. The van der Waals surface area contributed by atoms with Gasteiger partial charge in [-0.25, -0.2) is 4.79 Å². The first-order valence-corrected chi connectivity index (χ1v) is 17.9. The predicted octanol–water partition coefficient (Wildman–Crippen LogP) is 8.90. The molecule has 1 fully saturated rings. The lowest BCUT2D eigenvalue weighted by atomic mass is 9.96. The molecule has 2 aromatic carbocycles. The van der Waals surface area contributed by atoms with Gasteiger partial charge in [-0.3, -0.25) is 4.90 Å². The molecule has 2 unspecified atom stereocenters. The van der Waals surface area contributed by atoms with Crippen molar-refractivity contribution >= 4 is 31.0 Å². The molecule has 0 radical (unpaired) electrons. The Morgan fingerprint density at radius 3 is 2.46 bits per heavy atom. The standard InChI is InChI=1S/C34H45N3O3Si/c1-22-17-31-28(18-23(22)20-35)29(21-37(31)24-13-14-25(19-24)40-41(8,9)34(5,6)7)26-11-10-12-30-27(26)15-16-36(30)32(38)39-33(2,3)4/h10-12,17-18,21,24-25H,13-16,19H2,1-9H3. The number of carbonyl (C=O) groups excluding carboxylic acids is 1. The summed E-state index contributed by atoms with van der Waals surface area (Å²) < 4.78 is 15.0. The Labute approximate surface area is 246 Å². The van der Waals surface area contributed by atoms with Gasteiger partial charge in [-0.05, 0) is 106 Å². The predicted molar refractivity (Wildman–Crippen MR) is 169 cm³/mol. The summed E-state index contributed by atoms with van der Waals surface area (Å²) in [6, 6.07) is 13.1. The Kier molecular flexibility index (Phi) is 7.41. The largest absolute Gasteiger partial charge is 0.443 e. The third-order valence-corrected chi connectivity index (χ3v) is 13.8. The zero-order chi connectivity index (χ0) is 29.9. The van der Waals surface area contributed by atoms with Crippen LogP contribution in [0.2, 0.25) is 18.1 Å². The van der Waals surface area contributed by atoms with E-state index < -0.39 is 13.9 Å². The van der Waals surface area contributed by atoms with Crippen LogP contribution in [0.5, 0.6) is 0 Å². The number of aromatic nitrogens is 1. The van der Waals surface area contributed by atoms with Crippen LogP contribution in [0.25, 0.3) is 22.0 Å². The highest BCUT2D eigenvalue weighted by Gasteiger charge is 2.41. The zero-order valence-corrected chi connectivity index (χ0v) is 27.2. The van der Waals surface area contributed by atoms with Crippen molar-refractivity contribution in [3.8, 4) is 17.2 Å². The van der Waals surface area contributed by atoms with Crippen molar-refractivity contribution in [2.75, 3.05) is 11.4 Å². The Morgan fingerprint density at radius 1 is 1.07 bits per heavy atom. The normalized spacial score (nSPS) is 19.5. The molecule has 2 heterocycles. The van der Waals surface area contributed by atoms with Crippen LogP contribution in [-0.2, 0) is 15.6 Å². The number of ether oxygens (including phenoxy) is 1. The molecule has 0 bridgehead atoms. The van der Waals surface area contributed by atoms with Crippen LogP contribution in [0.3, 0.4) is 0 Å². The maximum absolute atomic E-state index is 13.0. The number of carbonyl (C=O) groups is 1. The molecule has 5 rings (SSSR count). The van der Waals surface area contributed by atoms with Crippen molar-refractivity contribution in [2.24, 2.45) is 0 Å². The molecule has 1 saturated carbocycles. The van der Waals surface area contributed by atoms with E-state index in [1.165, 1.54) is 0 Å². The maximum atomic E-state index is 13.0. The highest BCUT2D eigenvalue weighted by atomic mass is 28.4. The molecule has 7 heteroatoms. The van der Waals surface area contributed by atoms with Crippen LogP contribution in [-0.4, -0.2) is 37.2 Å². The van der Waals surface area contributed by atoms with E-state index in [0.717, 1.165) is 64.5 Å². The third kappa shape index (κ3) is 5.57. The van der Waals surface area contributed by atoms with Crippen LogP contribution in [0.4, 0.5) is 10.5 Å². The van der Waals surface area contributed by atoms with E-state index >= 15 is 0 Å². The molecule has 0 N–H and O–H groups in total. The van der Waals surface area contributed by atoms with Crippen LogP contribution in [0.1, 0.15) is 83.5 Å². The summed E-state index contributed by atoms with van der Waals surface area (Å²) in [6.45, 7) is 19.9. The highest BCUT2D eigenvalue weighted by molar-refractivity contribution is 6.74. The van der Waals surface area contributed by atoms with Crippen molar-refractivity contribution in [2.45, 2.75) is 110 Å². The maximum Gasteiger partial charge on any atom is 0.414 e. The third-order valence-electron chi connectivity index (χ3n) is 9.25. The van der Waals surface area contributed by atoms with Gasteiger partial charge in [-0.1, -0.05) is 32.9 Å². The van der Waals surface area contributed by atoms with Crippen LogP contribution < -0.4 is 4.90 Å². The minimum atomic E-state index is -1.85. The number of rotatable bonds is 4. The second-order valence-corrected chi connectivity index (χ2v) is 19.2. The molecule has 0 spiro atoms. The fourth-order valence-electron chi connectivity index (χ4n) is 6.10. The molecule has 2 aliphatic rings. The molecule has 1 aliphatic carbocycles. The number of nitriles is 1. The summed E-state index contributed by atoms with van der Waals surface area (Å²) in [5.74, 6) is 0. The van der Waals surface area contributed by atoms with E-state index in [9.17, 15) is 10.1 Å². The van der Waals surface area contributed by atoms with Crippen LogP contribution in [0, 0.1) is 18.3 Å². The molecule has 1 aliphatic heterocycles. The molecule has 0 saturated heterocycles. The first-order valence-electron chi connectivity index (χ1n) is 15.0. The SMILES string of the molecule is Cc1cc2c(cc1C#N)c(-c1cccc3c1CCN3C(=O)OC(C)(C)C)cn2C1CCC(O[Si](C)(C)C(C)(C)C)C1. The van der Waals surface area contributed by atoms with Gasteiger partial charge in [0, 0.05) is 41.4 Å². The van der Waals surface area contributed by atoms with E-state index in [2.05, 4.69) is 68.9 Å². The topological polar surface area (TPSA) is 67.5 Å². The summed E-state index contributed by atoms with van der Waals surface area (Å²) >= 11 is 0. The molecule has 6 nitrogen and oxygen atoms in total. The molecular weight excluding hydrogens is 526 g/mol. The van der Waals surface area contributed by atoms with Gasteiger partial charge in [0.05, 0.1) is 17.3 Å². The van der Waals surface area contributed by atoms with Crippen molar-refractivity contribution in [3.63, 3.8) is 0 Å². The first-order chi connectivity index (χ1) is 19.1. The molecule has 3 aromatic rings. The minimum Gasteiger partial charge on any atom is -0.443 e. The van der Waals surface area contributed by atoms with E-state index in [0.29, 0.717) is 18.2 Å².